The Morgan fingerprint density at radius 3 is 2.93 bits per heavy atom. The number of hydrogen-bond donors (Lipinski definition) is 1. The normalized spacial score (nSPS) is 10.3. The number of primary amides is 1. The van der Waals surface area contributed by atoms with Crippen molar-refractivity contribution in [1.29, 1.82) is 0 Å². The highest BCUT2D eigenvalue weighted by Gasteiger charge is 2.07. The molecular weight excluding hydrogens is 218 g/mol. The molecule has 2 aromatic rings. The van der Waals surface area contributed by atoms with Gasteiger partial charge in [0.05, 0.1) is 16.7 Å². The Morgan fingerprint density at radius 2 is 2.36 bits per heavy atom. The van der Waals surface area contributed by atoms with Crippen molar-refractivity contribution in [3.63, 3.8) is 0 Å². The first-order valence-corrected chi connectivity index (χ1v) is 5.57. The zero-order valence-corrected chi connectivity index (χ0v) is 8.77. The van der Waals surface area contributed by atoms with Crippen LogP contribution in [-0.2, 0) is 6.42 Å². The number of hydrogen-bond acceptors (Lipinski definition) is 5. The van der Waals surface area contributed by atoms with Gasteiger partial charge in [-0.2, -0.15) is 0 Å². The first kappa shape index (κ1) is 9.29. The summed E-state index contributed by atoms with van der Waals surface area (Å²) in [7, 11) is 0. The third kappa shape index (κ3) is 1.97. The number of aromatic nitrogens is 2. The average molecular weight is 225 g/mol. The Balaban J connectivity index is 2.14. The fourth-order valence-corrected chi connectivity index (χ4v) is 2.47. The van der Waals surface area contributed by atoms with Crippen LogP contribution < -0.4 is 5.73 Å². The van der Waals surface area contributed by atoms with Crippen LogP contribution in [0.3, 0.4) is 0 Å². The molecule has 0 atom stereocenters. The Hall–Kier alpha value is -1.27. The molecule has 4 nitrogen and oxygen atoms in total. The summed E-state index contributed by atoms with van der Waals surface area (Å²) < 4.78 is 0. The van der Waals surface area contributed by atoms with E-state index in [1.807, 2.05) is 0 Å². The van der Waals surface area contributed by atoms with Crippen molar-refractivity contribution < 1.29 is 4.79 Å². The highest BCUT2D eigenvalue weighted by molar-refractivity contribution is 7.14. The summed E-state index contributed by atoms with van der Waals surface area (Å²) in [5, 5.41) is 0.892. The monoisotopic (exact) mass is 225 g/mol. The average Bonchev–Trinajstić information content (AvgIpc) is 2.75. The molecule has 0 unspecified atom stereocenters. The molecule has 14 heavy (non-hydrogen) atoms. The lowest BCUT2D eigenvalue weighted by molar-refractivity contribution is 0.100. The Morgan fingerprint density at radius 1 is 1.50 bits per heavy atom. The highest BCUT2D eigenvalue weighted by atomic mass is 32.1. The Labute approximate surface area is 88.4 Å². The van der Waals surface area contributed by atoms with E-state index in [2.05, 4.69) is 9.97 Å². The minimum absolute atomic E-state index is 0.418. The second-order valence-corrected chi connectivity index (χ2v) is 4.71. The molecule has 0 aromatic carbocycles. The van der Waals surface area contributed by atoms with Gasteiger partial charge < -0.3 is 5.73 Å². The number of nitrogens with zero attached hydrogens (tertiary/aromatic N) is 2. The SMILES string of the molecule is NC(=O)c1cnc(Cc2cncs2)s1. The van der Waals surface area contributed by atoms with Crippen molar-refractivity contribution in [2.24, 2.45) is 5.73 Å². The summed E-state index contributed by atoms with van der Waals surface area (Å²) >= 11 is 2.91. The van der Waals surface area contributed by atoms with Gasteiger partial charge in [-0.3, -0.25) is 9.78 Å². The molecule has 0 fully saturated rings. The van der Waals surface area contributed by atoms with Crippen LogP contribution in [0.5, 0.6) is 0 Å². The summed E-state index contributed by atoms with van der Waals surface area (Å²) in [4.78, 5) is 20.5. The fraction of sp³-hybridized carbons (Fsp3) is 0.125. The van der Waals surface area contributed by atoms with Gasteiger partial charge in [-0.1, -0.05) is 0 Å². The molecule has 0 saturated carbocycles. The first-order chi connectivity index (χ1) is 6.75. The highest BCUT2D eigenvalue weighted by Crippen LogP contribution is 2.18. The molecule has 2 N–H and O–H groups in total. The van der Waals surface area contributed by atoms with E-state index >= 15 is 0 Å². The smallest absolute Gasteiger partial charge is 0.260 e. The van der Waals surface area contributed by atoms with Gasteiger partial charge in [0.2, 0.25) is 0 Å². The molecule has 0 aliphatic heterocycles. The van der Waals surface area contributed by atoms with E-state index in [0.29, 0.717) is 4.88 Å². The van der Waals surface area contributed by atoms with Crippen LogP contribution in [0, 0.1) is 0 Å². The molecule has 0 spiro atoms. The van der Waals surface area contributed by atoms with Gasteiger partial charge >= 0.3 is 0 Å². The third-order valence-electron chi connectivity index (χ3n) is 1.61. The molecule has 0 saturated heterocycles. The maximum atomic E-state index is 10.8. The summed E-state index contributed by atoms with van der Waals surface area (Å²) in [6.45, 7) is 0. The van der Waals surface area contributed by atoms with Gasteiger partial charge in [0, 0.05) is 17.5 Å². The fourth-order valence-electron chi connectivity index (χ4n) is 0.984. The largest absolute Gasteiger partial charge is 0.365 e. The Kier molecular flexibility index (Phi) is 2.55. The molecule has 0 bridgehead atoms. The summed E-state index contributed by atoms with van der Waals surface area (Å²) in [5.74, 6) is -0.418. The van der Waals surface area contributed by atoms with Gasteiger partial charge in [-0.25, -0.2) is 4.98 Å². The van der Waals surface area contributed by atoms with E-state index in [4.69, 9.17) is 5.73 Å². The van der Waals surface area contributed by atoms with E-state index in [-0.39, 0.29) is 0 Å². The van der Waals surface area contributed by atoms with Crippen LogP contribution in [0.2, 0.25) is 0 Å². The molecule has 2 rings (SSSR count). The van der Waals surface area contributed by atoms with Gasteiger partial charge in [0.15, 0.2) is 0 Å². The van der Waals surface area contributed by atoms with Crippen molar-refractivity contribution in [3.05, 3.63) is 32.7 Å². The zero-order valence-electron chi connectivity index (χ0n) is 7.14. The molecule has 6 heteroatoms. The lowest BCUT2D eigenvalue weighted by Gasteiger charge is -1.88. The summed E-state index contributed by atoms with van der Waals surface area (Å²) in [6, 6.07) is 0. The zero-order chi connectivity index (χ0) is 9.97. The lowest BCUT2D eigenvalue weighted by Crippen LogP contribution is -2.08. The molecule has 2 heterocycles. The van der Waals surface area contributed by atoms with E-state index in [9.17, 15) is 4.79 Å². The van der Waals surface area contributed by atoms with Crippen LogP contribution in [0.1, 0.15) is 19.6 Å². The van der Waals surface area contributed by atoms with Crippen LogP contribution in [0.4, 0.5) is 0 Å². The van der Waals surface area contributed by atoms with E-state index in [1.165, 1.54) is 17.5 Å². The number of carbonyl (C=O) groups excluding carboxylic acids is 1. The van der Waals surface area contributed by atoms with E-state index < -0.39 is 5.91 Å². The predicted molar refractivity (Wildman–Crippen MR) is 55.6 cm³/mol. The van der Waals surface area contributed by atoms with Crippen molar-refractivity contribution >= 4 is 28.6 Å². The van der Waals surface area contributed by atoms with E-state index in [0.717, 1.165) is 16.3 Å². The number of nitrogens with two attached hydrogens (primary N) is 1. The maximum absolute atomic E-state index is 10.8. The standard InChI is InChI=1S/C8H7N3OS2/c9-8(12)6-3-11-7(14-6)1-5-2-10-4-13-5/h2-4H,1H2,(H2,9,12). The predicted octanol–water partition coefficient (Wildman–Crippen LogP) is 1.29. The molecule has 0 aliphatic rings. The van der Waals surface area contributed by atoms with Gasteiger partial charge in [-0.05, 0) is 0 Å². The van der Waals surface area contributed by atoms with Crippen LogP contribution >= 0.6 is 22.7 Å². The summed E-state index contributed by atoms with van der Waals surface area (Å²) in [5.41, 5.74) is 6.90. The third-order valence-corrected chi connectivity index (χ3v) is 3.40. The summed E-state index contributed by atoms with van der Waals surface area (Å²) in [6.07, 6.45) is 4.04. The van der Waals surface area contributed by atoms with Gasteiger partial charge in [-0.15, -0.1) is 22.7 Å². The Bertz CT molecular complexity index is 435. The number of amides is 1. The van der Waals surface area contributed by atoms with Crippen LogP contribution in [-0.4, -0.2) is 15.9 Å². The quantitative estimate of drug-likeness (QED) is 0.855. The van der Waals surface area contributed by atoms with Crippen molar-refractivity contribution in [1.82, 2.24) is 9.97 Å². The number of thiazole rings is 2. The maximum Gasteiger partial charge on any atom is 0.260 e. The van der Waals surface area contributed by atoms with Crippen LogP contribution in [0.15, 0.2) is 17.9 Å². The topological polar surface area (TPSA) is 68.9 Å². The van der Waals surface area contributed by atoms with Crippen molar-refractivity contribution in [2.45, 2.75) is 6.42 Å². The minimum Gasteiger partial charge on any atom is -0.365 e. The molecule has 1 amide bonds. The number of carbonyl (C=O) groups is 1. The molecule has 0 radical (unpaired) electrons. The minimum atomic E-state index is -0.418. The molecule has 0 aliphatic carbocycles. The van der Waals surface area contributed by atoms with Gasteiger partial charge in [0.25, 0.3) is 5.91 Å². The number of rotatable bonds is 3. The lowest BCUT2D eigenvalue weighted by atomic mass is 10.4. The molecular formula is C8H7N3OS2. The molecule has 72 valence electrons. The van der Waals surface area contributed by atoms with Gasteiger partial charge in [0.1, 0.15) is 4.88 Å². The second kappa shape index (κ2) is 3.85. The first-order valence-electron chi connectivity index (χ1n) is 3.87. The van der Waals surface area contributed by atoms with Crippen molar-refractivity contribution in [2.75, 3.05) is 0 Å². The molecule has 2 aromatic heterocycles. The van der Waals surface area contributed by atoms with E-state index in [1.54, 1.807) is 23.0 Å². The van der Waals surface area contributed by atoms with Crippen LogP contribution in [0.25, 0.3) is 0 Å². The van der Waals surface area contributed by atoms with Crippen molar-refractivity contribution in [3.8, 4) is 0 Å². The second-order valence-electron chi connectivity index (χ2n) is 2.63.